The van der Waals surface area contributed by atoms with Crippen LogP contribution < -0.4 is 0 Å². The molecule has 0 aliphatic carbocycles. The average Bonchev–Trinajstić information content (AvgIpc) is 2.85. The van der Waals surface area contributed by atoms with Gasteiger partial charge in [0, 0.05) is 24.5 Å². The molecule has 0 amide bonds. The van der Waals surface area contributed by atoms with Crippen molar-refractivity contribution in [1.82, 2.24) is 0 Å². The first-order valence-electron chi connectivity index (χ1n) is 14.3. The van der Waals surface area contributed by atoms with E-state index >= 15 is 0 Å². The minimum atomic E-state index is -1.38. The molecule has 2 unspecified atom stereocenters. The Morgan fingerprint density at radius 1 is 0.970 bits per heavy atom. The average molecular weight is 509 g/mol. The second-order valence-electron chi connectivity index (χ2n) is 8.88. The fourth-order valence-corrected chi connectivity index (χ4v) is 4.33. The predicted molar refractivity (Wildman–Crippen MR) is 146 cm³/mol. The van der Waals surface area contributed by atoms with Crippen molar-refractivity contribution in [1.29, 1.82) is 2.61 Å². The molecule has 1 radical (unpaired) electrons. The van der Waals surface area contributed by atoms with E-state index in [1.54, 1.807) is 0 Å². The van der Waals surface area contributed by atoms with Gasteiger partial charge in [-0.2, -0.15) is 0 Å². The molecule has 0 aromatic heterocycles. The summed E-state index contributed by atoms with van der Waals surface area (Å²) in [6.07, 6.45) is 18.0. The van der Waals surface area contributed by atoms with Crippen LogP contribution in [0.5, 0.6) is 0 Å². The lowest BCUT2D eigenvalue weighted by Gasteiger charge is -2.19. The van der Waals surface area contributed by atoms with E-state index in [0.717, 1.165) is 51.3 Å². The maximum Gasteiger partial charge on any atom is 0.306 e. The van der Waals surface area contributed by atoms with Gasteiger partial charge in [-0.1, -0.05) is 98.5 Å². The Hall–Kier alpha value is 0.195. The van der Waals surface area contributed by atoms with Crippen LogP contribution in [0.15, 0.2) is 0 Å². The number of carbonyl (C=O) groups excluding carboxylic acids is 1. The van der Waals surface area contributed by atoms with Crippen molar-refractivity contribution < 1.29 is 23.6 Å². The highest BCUT2D eigenvalue weighted by molar-refractivity contribution is 8.53. The molecule has 195 valence electrons. The lowest BCUT2D eigenvalue weighted by atomic mass is 10.1. The van der Waals surface area contributed by atoms with Crippen molar-refractivity contribution in [2.75, 3.05) is 19.8 Å². The summed E-state index contributed by atoms with van der Waals surface area (Å²) in [6.45, 7) is 5.05. The van der Waals surface area contributed by atoms with Crippen LogP contribution in [0.25, 0.3) is 0 Å². The Kier molecular flexibility index (Phi) is 23.9. The van der Waals surface area contributed by atoms with Crippen molar-refractivity contribution in [3.8, 4) is 0 Å². The third-order valence-corrected chi connectivity index (χ3v) is 6.56. The highest BCUT2D eigenvalue weighted by Crippen LogP contribution is 2.24. The smallest absolute Gasteiger partial charge is 0.306 e. The van der Waals surface area contributed by atoms with Gasteiger partial charge in [-0.05, 0) is 20.6 Å². The Bertz CT molecular complexity index is 472. The van der Waals surface area contributed by atoms with Gasteiger partial charge in [-0.25, -0.2) is 0 Å². The Morgan fingerprint density at radius 2 is 1.58 bits per heavy atom. The van der Waals surface area contributed by atoms with Crippen LogP contribution in [-0.2, 0) is 18.5 Å². The van der Waals surface area contributed by atoms with E-state index in [4.69, 9.17) is 16.3 Å². The zero-order valence-corrected chi connectivity index (χ0v) is 23.0. The van der Waals surface area contributed by atoms with E-state index in [0.29, 0.717) is 19.4 Å². The van der Waals surface area contributed by atoms with E-state index in [2.05, 4.69) is 13.8 Å². The molecule has 0 aromatic carbocycles. The third kappa shape index (κ3) is 25.1. The standard InChI is InChI=1S/C25H51BO5PS/c1-3-5-7-9-10-11-12-14-16-18-25(28)31-24(17-15-13-8-6-4-2)19-20-29-21-23(27)22-30-33-32-26/h23-24,26-27,32H,3-22H2,1-2H3/t23?,24-,32?/m1/s1/i26T,32D. The van der Waals surface area contributed by atoms with Crippen molar-refractivity contribution in [3.63, 3.8) is 0 Å². The summed E-state index contributed by atoms with van der Waals surface area (Å²) < 4.78 is 30.9. The summed E-state index contributed by atoms with van der Waals surface area (Å²) in [5, 5.41) is 9.92. The number of esters is 1. The number of hydrogen-bond donors (Lipinski definition) is 1. The second-order valence-corrected chi connectivity index (χ2v) is 10.6. The minimum Gasteiger partial charge on any atom is -0.462 e. The molecule has 0 spiro atoms. The first-order chi connectivity index (χ1) is 17.0. The first-order valence-corrected chi connectivity index (χ1v) is 15.6. The zero-order valence-electron chi connectivity index (χ0n) is 23.3. The summed E-state index contributed by atoms with van der Waals surface area (Å²) in [6, 6.07) is 0. The van der Waals surface area contributed by atoms with Gasteiger partial charge in [-0.15, -0.1) is 0 Å². The third-order valence-electron chi connectivity index (χ3n) is 5.66. The van der Waals surface area contributed by atoms with E-state index in [-0.39, 0.29) is 25.3 Å². The molecule has 0 heterocycles. The largest absolute Gasteiger partial charge is 0.462 e. The molecule has 0 bridgehead atoms. The van der Waals surface area contributed by atoms with Gasteiger partial charge in [0.05, 0.1) is 21.1 Å². The van der Waals surface area contributed by atoms with Crippen molar-refractivity contribution in [2.24, 2.45) is 0 Å². The molecule has 0 aliphatic rings. The molecule has 0 saturated heterocycles. The van der Waals surface area contributed by atoms with Crippen LogP contribution in [0.4, 0.5) is 0 Å². The molecular weight excluding hydrogens is 454 g/mol. The Morgan fingerprint density at radius 3 is 2.21 bits per heavy atom. The summed E-state index contributed by atoms with van der Waals surface area (Å²) in [5.74, 6) is -0.102. The van der Waals surface area contributed by atoms with Crippen molar-refractivity contribution in [2.45, 2.75) is 135 Å². The fourth-order valence-electron chi connectivity index (χ4n) is 3.68. The number of aliphatic hydroxyl groups is 1. The zero-order chi connectivity index (χ0) is 26.0. The van der Waals surface area contributed by atoms with Crippen LogP contribution in [0, 0.1) is 0 Å². The van der Waals surface area contributed by atoms with Gasteiger partial charge in [0.1, 0.15) is 19.7 Å². The van der Waals surface area contributed by atoms with Crippen LogP contribution in [-0.4, -0.2) is 53.2 Å². The highest BCUT2D eigenvalue weighted by Gasteiger charge is 2.15. The quantitative estimate of drug-likeness (QED) is 0.0423. The van der Waals surface area contributed by atoms with Gasteiger partial charge < -0.3 is 18.8 Å². The van der Waals surface area contributed by atoms with E-state index < -0.39 is 13.7 Å². The molecule has 1 N–H and O–H groups in total. The summed E-state index contributed by atoms with van der Waals surface area (Å²) >= 11 is 0.900. The summed E-state index contributed by atoms with van der Waals surface area (Å²) in [4.78, 5) is 12.4. The van der Waals surface area contributed by atoms with Gasteiger partial charge in [0.2, 0.25) is 0 Å². The normalized spacial score (nSPS) is 14.9. The fraction of sp³-hybridized carbons (Fsp3) is 0.960. The van der Waals surface area contributed by atoms with Crippen LogP contribution >= 0.6 is 19.3 Å². The van der Waals surface area contributed by atoms with Crippen LogP contribution in [0.3, 0.4) is 0 Å². The summed E-state index contributed by atoms with van der Waals surface area (Å²) in [5.41, 5.74) is 0. The second kappa shape index (κ2) is 26.8. The molecule has 3 atom stereocenters. The van der Waals surface area contributed by atoms with Crippen LogP contribution in [0.2, 0.25) is 0 Å². The number of rotatable bonds is 27. The van der Waals surface area contributed by atoms with Gasteiger partial charge in [-0.3, -0.25) is 4.79 Å². The number of unbranched alkanes of at least 4 members (excludes halogenated alkanes) is 12. The van der Waals surface area contributed by atoms with E-state index in [1.165, 1.54) is 64.2 Å². The maximum absolute atomic E-state index is 12.4. The number of aliphatic hydroxyl groups excluding tert-OH is 1. The predicted octanol–water partition coefficient (Wildman–Crippen LogP) is 7.02. The molecule has 0 aliphatic heterocycles. The Balaban J connectivity index is 4.09. The SMILES string of the molecule is [2H]P([B][3H])SOCC(O)COCC[C@@H](CCCCCCC)OC(=O)CCCCCCCCCCC. The van der Waals surface area contributed by atoms with Gasteiger partial charge >= 0.3 is 5.97 Å². The molecule has 0 aromatic rings. The molecule has 0 rings (SSSR count). The molecule has 33 heavy (non-hydrogen) atoms. The van der Waals surface area contributed by atoms with Crippen molar-refractivity contribution >= 4 is 32.8 Å². The maximum atomic E-state index is 12.4. The monoisotopic (exact) mass is 508 g/mol. The van der Waals surface area contributed by atoms with Crippen LogP contribution in [0.1, 0.15) is 123 Å². The topological polar surface area (TPSA) is 65.0 Å². The molecular formula is C25H51BO5PS. The number of carbonyl (C=O) groups is 1. The first kappa shape index (κ1) is 29.4. The Labute approximate surface area is 214 Å². The lowest BCUT2D eigenvalue weighted by molar-refractivity contribution is -0.150. The molecule has 0 fully saturated rings. The molecule has 8 heteroatoms. The molecule has 0 saturated carbocycles. The number of hydrogen-bond acceptors (Lipinski definition) is 6. The summed E-state index contributed by atoms with van der Waals surface area (Å²) in [7, 11) is -0.348. The number of ether oxygens (including phenoxy) is 2. The molecule has 5 nitrogen and oxygen atoms in total. The lowest BCUT2D eigenvalue weighted by Crippen LogP contribution is -2.23. The highest BCUT2D eigenvalue weighted by atomic mass is 32.7. The van der Waals surface area contributed by atoms with E-state index in [1.807, 2.05) is 0 Å². The van der Waals surface area contributed by atoms with E-state index in [9.17, 15) is 9.90 Å². The van der Waals surface area contributed by atoms with Gasteiger partial charge in [0.25, 0.3) is 0 Å². The minimum absolute atomic E-state index is 0.0603. The van der Waals surface area contributed by atoms with Crippen molar-refractivity contribution in [3.05, 3.63) is 0 Å². The van der Waals surface area contributed by atoms with Gasteiger partial charge in [0.15, 0.2) is 0 Å².